The topological polar surface area (TPSA) is 135 Å². The van der Waals surface area contributed by atoms with Crippen LogP contribution in [0, 0.1) is 0 Å². The van der Waals surface area contributed by atoms with E-state index in [1.807, 2.05) is 0 Å². The van der Waals surface area contributed by atoms with Crippen molar-refractivity contribution >= 4 is 39.1 Å². The number of benzene rings is 2. The average Bonchev–Trinajstić information content (AvgIpc) is 3.34. The van der Waals surface area contributed by atoms with E-state index in [4.69, 9.17) is 34.1 Å². The number of primary sulfonamides is 1. The smallest absolute Gasteiger partial charge is 0.238 e. The molecule has 168 valence electrons. The molecule has 1 aliphatic heterocycles. The van der Waals surface area contributed by atoms with Crippen LogP contribution >= 0.6 is 23.2 Å². The van der Waals surface area contributed by atoms with E-state index in [1.54, 1.807) is 35.2 Å². The number of hydrogen-bond acceptors (Lipinski definition) is 5. The number of nitrogens with zero attached hydrogens (tertiary/aromatic N) is 2. The number of nitrogens with one attached hydrogen (secondary N) is 1. The standard InChI is InChI=1S/C21H21Cl2N5O3S/c22-17-3-1-2-14(19(17)23)15(8-9-24)21(29)28-10-16-18(11-28)26-27-20(16)12-4-6-13(7-5-12)32(25,30)31/h1-7,15H,8-11,24H2,(H,26,27)(H2,25,30,31). The number of rotatable bonds is 6. The van der Waals surface area contributed by atoms with Crippen LogP contribution in [0.2, 0.25) is 10.0 Å². The van der Waals surface area contributed by atoms with Gasteiger partial charge in [0.15, 0.2) is 0 Å². The van der Waals surface area contributed by atoms with Gasteiger partial charge in [-0.2, -0.15) is 5.10 Å². The minimum Gasteiger partial charge on any atom is -0.332 e. The van der Waals surface area contributed by atoms with Gasteiger partial charge in [-0.05, 0) is 36.7 Å². The van der Waals surface area contributed by atoms with E-state index in [1.165, 1.54) is 12.1 Å². The molecular weight excluding hydrogens is 473 g/mol. The summed E-state index contributed by atoms with van der Waals surface area (Å²) in [4.78, 5) is 15.2. The van der Waals surface area contributed by atoms with Crippen LogP contribution in [0.5, 0.6) is 0 Å². The number of amides is 1. The van der Waals surface area contributed by atoms with Crippen molar-refractivity contribution in [3.8, 4) is 11.3 Å². The van der Waals surface area contributed by atoms with Crippen molar-refractivity contribution in [3.63, 3.8) is 0 Å². The van der Waals surface area contributed by atoms with Crippen LogP contribution in [-0.4, -0.2) is 36.0 Å². The normalized spacial score (nSPS) is 14.4. The molecule has 8 nitrogen and oxygen atoms in total. The zero-order chi connectivity index (χ0) is 23.0. The lowest BCUT2D eigenvalue weighted by Gasteiger charge is -2.24. The summed E-state index contributed by atoms with van der Waals surface area (Å²) in [5.41, 5.74) is 9.53. The molecule has 4 rings (SSSR count). The fourth-order valence-electron chi connectivity index (χ4n) is 3.93. The molecule has 32 heavy (non-hydrogen) atoms. The number of hydrogen-bond donors (Lipinski definition) is 3. The highest BCUT2D eigenvalue weighted by molar-refractivity contribution is 7.89. The summed E-state index contributed by atoms with van der Waals surface area (Å²) in [7, 11) is -3.78. The number of aromatic amines is 1. The molecule has 0 fully saturated rings. The molecular formula is C21H21Cl2N5O3S. The molecule has 1 aromatic heterocycles. The summed E-state index contributed by atoms with van der Waals surface area (Å²) >= 11 is 12.5. The van der Waals surface area contributed by atoms with Crippen LogP contribution in [0.3, 0.4) is 0 Å². The van der Waals surface area contributed by atoms with Gasteiger partial charge in [-0.25, -0.2) is 13.6 Å². The van der Waals surface area contributed by atoms with Crippen LogP contribution in [0.1, 0.15) is 29.2 Å². The summed E-state index contributed by atoms with van der Waals surface area (Å²) in [5, 5.41) is 13.3. The predicted octanol–water partition coefficient (Wildman–Crippen LogP) is 3.01. The Kier molecular flexibility index (Phi) is 6.28. The zero-order valence-corrected chi connectivity index (χ0v) is 19.2. The third kappa shape index (κ3) is 4.26. The third-order valence-corrected chi connectivity index (χ3v) is 7.29. The van der Waals surface area contributed by atoms with Crippen LogP contribution in [0.25, 0.3) is 11.3 Å². The second-order valence-electron chi connectivity index (χ2n) is 7.57. The molecule has 3 aromatic rings. The summed E-state index contributed by atoms with van der Waals surface area (Å²) in [5.74, 6) is -0.611. The highest BCUT2D eigenvalue weighted by Crippen LogP contribution is 2.37. The van der Waals surface area contributed by atoms with Crippen LogP contribution in [0.4, 0.5) is 0 Å². The number of carbonyl (C=O) groups is 1. The van der Waals surface area contributed by atoms with E-state index in [9.17, 15) is 13.2 Å². The monoisotopic (exact) mass is 493 g/mol. The minimum atomic E-state index is -3.78. The number of H-pyrrole nitrogens is 1. The second kappa shape index (κ2) is 8.84. The van der Waals surface area contributed by atoms with Gasteiger partial charge >= 0.3 is 0 Å². The SMILES string of the molecule is NCCC(C(=O)N1Cc2[nH]nc(-c3ccc(S(N)(=O)=O)cc3)c2C1)c1cccc(Cl)c1Cl. The Hall–Kier alpha value is -2.43. The van der Waals surface area contributed by atoms with Crippen LogP contribution < -0.4 is 10.9 Å². The van der Waals surface area contributed by atoms with Gasteiger partial charge in [0.1, 0.15) is 0 Å². The van der Waals surface area contributed by atoms with Gasteiger partial charge < -0.3 is 10.6 Å². The van der Waals surface area contributed by atoms with E-state index < -0.39 is 15.9 Å². The molecule has 0 saturated carbocycles. The Morgan fingerprint density at radius 2 is 1.88 bits per heavy atom. The molecule has 2 heterocycles. The molecule has 2 aromatic carbocycles. The lowest BCUT2D eigenvalue weighted by atomic mass is 9.94. The Bertz CT molecular complexity index is 1280. The second-order valence-corrected chi connectivity index (χ2v) is 9.91. The first kappa shape index (κ1) is 22.8. The minimum absolute atomic E-state index is 0.0215. The van der Waals surface area contributed by atoms with E-state index in [2.05, 4.69) is 10.2 Å². The van der Waals surface area contributed by atoms with Crippen molar-refractivity contribution in [1.82, 2.24) is 15.1 Å². The number of fused-ring (bicyclic) bond motifs is 1. The van der Waals surface area contributed by atoms with Crippen molar-refractivity contribution in [2.75, 3.05) is 6.54 Å². The van der Waals surface area contributed by atoms with Gasteiger partial charge in [0.2, 0.25) is 15.9 Å². The van der Waals surface area contributed by atoms with E-state index in [-0.39, 0.29) is 10.8 Å². The number of aromatic nitrogens is 2. The third-order valence-electron chi connectivity index (χ3n) is 5.53. The fourth-order valence-corrected chi connectivity index (χ4v) is 4.88. The van der Waals surface area contributed by atoms with E-state index >= 15 is 0 Å². The summed E-state index contributed by atoms with van der Waals surface area (Å²) in [6, 6.07) is 11.4. The van der Waals surface area contributed by atoms with Gasteiger partial charge in [0.05, 0.1) is 45.3 Å². The molecule has 0 spiro atoms. The maximum atomic E-state index is 13.4. The van der Waals surface area contributed by atoms with Crippen molar-refractivity contribution in [3.05, 3.63) is 69.3 Å². The summed E-state index contributed by atoms with van der Waals surface area (Å²) < 4.78 is 23.0. The van der Waals surface area contributed by atoms with Gasteiger partial charge in [-0.15, -0.1) is 0 Å². The van der Waals surface area contributed by atoms with Crippen molar-refractivity contribution in [2.24, 2.45) is 10.9 Å². The molecule has 0 radical (unpaired) electrons. The quantitative estimate of drug-likeness (QED) is 0.484. The van der Waals surface area contributed by atoms with Crippen LogP contribution in [-0.2, 0) is 27.9 Å². The number of carbonyl (C=O) groups excluding carboxylic acids is 1. The van der Waals surface area contributed by atoms with Gasteiger partial charge in [-0.1, -0.05) is 47.5 Å². The number of nitrogens with two attached hydrogens (primary N) is 2. The van der Waals surface area contributed by atoms with Gasteiger partial charge in [-0.3, -0.25) is 9.89 Å². The van der Waals surface area contributed by atoms with Crippen molar-refractivity contribution < 1.29 is 13.2 Å². The molecule has 0 aliphatic carbocycles. The van der Waals surface area contributed by atoms with E-state index in [0.717, 1.165) is 16.8 Å². The molecule has 1 aliphatic rings. The lowest BCUT2D eigenvalue weighted by molar-refractivity contribution is -0.133. The first-order valence-electron chi connectivity index (χ1n) is 9.82. The largest absolute Gasteiger partial charge is 0.332 e. The Balaban J connectivity index is 1.59. The molecule has 1 atom stereocenters. The van der Waals surface area contributed by atoms with Crippen LogP contribution in [0.15, 0.2) is 47.4 Å². The molecule has 0 bridgehead atoms. The van der Waals surface area contributed by atoms with Crippen molar-refractivity contribution in [1.29, 1.82) is 0 Å². The van der Waals surface area contributed by atoms with E-state index in [0.29, 0.717) is 47.4 Å². The number of halogens is 2. The highest BCUT2D eigenvalue weighted by atomic mass is 35.5. The average molecular weight is 494 g/mol. The first-order valence-corrected chi connectivity index (χ1v) is 12.1. The Labute approximate surface area is 195 Å². The zero-order valence-electron chi connectivity index (χ0n) is 16.9. The Morgan fingerprint density at radius 1 is 1.16 bits per heavy atom. The number of sulfonamides is 1. The highest BCUT2D eigenvalue weighted by Gasteiger charge is 2.33. The fraction of sp³-hybridized carbons (Fsp3) is 0.238. The van der Waals surface area contributed by atoms with Gasteiger partial charge in [0, 0.05) is 11.1 Å². The lowest BCUT2D eigenvalue weighted by Crippen LogP contribution is -2.32. The predicted molar refractivity (Wildman–Crippen MR) is 123 cm³/mol. The summed E-state index contributed by atoms with van der Waals surface area (Å²) in [6.45, 7) is 1.05. The Morgan fingerprint density at radius 3 is 2.53 bits per heavy atom. The molecule has 1 amide bonds. The molecule has 11 heteroatoms. The van der Waals surface area contributed by atoms with Crippen molar-refractivity contribution in [2.45, 2.75) is 30.3 Å². The molecule has 1 unspecified atom stereocenters. The maximum Gasteiger partial charge on any atom is 0.238 e. The first-order chi connectivity index (χ1) is 15.2. The molecule has 5 N–H and O–H groups in total. The maximum absolute atomic E-state index is 13.4. The van der Waals surface area contributed by atoms with Gasteiger partial charge in [0.25, 0.3) is 0 Å². The molecule has 0 saturated heterocycles. The summed E-state index contributed by atoms with van der Waals surface area (Å²) in [6.07, 6.45) is 0.434.